The molecule has 0 amide bonds. The first-order valence-electron chi connectivity index (χ1n) is 33.2. The number of aryl methyl sites for hydroxylation is 11. The Balaban J connectivity index is 0.000000563. The fourth-order valence-corrected chi connectivity index (χ4v) is 9.84. The lowest BCUT2D eigenvalue weighted by Gasteiger charge is -2.14. The van der Waals surface area contributed by atoms with Gasteiger partial charge in [0.05, 0.1) is 78.2 Å². The predicted octanol–water partition coefficient (Wildman–Crippen LogP) is 22.5. The third-order valence-corrected chi connectivity index (χ3v) is 17.3. The van der Waals surface area contributed by atoms with Crippen molar-refractivity contribution in [2.75, 3.05) is 78.2 Å². The molecule has 0 aliphatic heterocycles. The van der Waals surface area contributed by atoms with Crippen molar-refractivity contribution in [2.24, 2.45) is 0 Å². The summed E-state index contributed by atoms with van der Waals surface area (Å²) >= 11 is 0. The molecule has 11 nitrogen and oxygen atoms in total. The predicted molar refractivity (Wildman–Crippen MR) is 414 cm³/mol. The first-order valence-corrected chi connectivity index (χ1v) is 33.2. The summed E-state index contributed by atoms with van der Waals surface area (Å²) in [5.74, 6) is 9.60. The molecule has 0 saturated carbocycles. The molecule has 13 heteroatoms. The lowest BCUT2D eigenvalue weighted by molar-refractivity contribution is 0.388. The number of halogens is 2. The zero-order chi connectivity index (χ0) is 76.3. The Morgan fingerprint density at radius 3 is 0.950 bits per heavy atom. The van der Waals surface area contributed by atoms with Crippen LogP contribution in [0.4, 0.5) is 8.78 Å². The molecule has 546 valence electrons. The monoisotopic (exact) mass is 1380 g/mol. The molecule has 100 heavy (non-hydrogen) atoms. The van der Waals surface area contributed by atoms with E-state index in [9.17, 15) is 8.78 Å². The summed E-state index contributed by atoms with van der Waals surface area (Å²) in [6, 6.07) is 40.5. The lowest BCUT2D eigenvalue weighted by Crippen LogP contribution is -1.96. The molecule has 0 saturated heterocycles. The van der Waals surface area contributed by atoms with Crippen molar-refractivity contribution in [1.29, 1.82) is 0 Å². The maximum Gasteiger partial charge on any atom is 0.129 e. The number of hydrogen-bond donors (Lipinski definition) is 0. The van der Waals surface area contributed by atoms with Gasteiger partial charge in [0.1, 0.15) is 74.9 Å². The Hall–Kier alpha value is -9.36. The molecule has 0 fully saturated rings. The third kappa shape index (κ3) is 28.8. The Morgan fingerprint density at radius 1 is 0.230 bits per heavy atom. The highest BCUT2D eigenvalue weighted by Gasteiger charge is 2.10. The van der Waals surface area contributed by atoms with Crippen LogP contribution in [0.2, 0.25) is 0 Å². The molecule has 0 aliphatic carbocycles. The summed E-state index contributed by atoms with van der Waals surface area (Å²) < 4.78 is 81.6. The van der Waals surface area contributed by atoms with E-state index in [0.29, 0.717) is 17.0 Å². The fourth-order valence-electron chi connectivity index (χ4n) is 9.84. The van der Waals surface area contributed by atoms with Crippen molar-refractivity contribution in [2.45, 2.75) is 151 Å². The number of ether oxygens (including phenoxy) is 11. The number of benzene rings is 9. The molecule has 9 aromatic rings. The zero-order valence-corrected chi connectivity index (χ0v) is 66.4. The lowest BCUT2D eigenvalue weighted by atomic mass is 9.94. The highest BCUT2D eigenvalue weighted by molar-refractivity contribution is 5.49. The molecule has 0 aromatic heterocycles. The minimum absolute atomic E-state index is 0.475. The van der Waals surface area contributed by atoms with Gasteiger partial charge in [0.15, 0.2) is 0 Å². The summed E-state index contributed by atoms with van der Waals surface area (Å²) in [5.41, 5.74) is 23.6. The van der Waals surface area contributed by atoms with Crippen LogP contribution in [0.5, 0.6) is 63.2 Å². The van der Waals surface area contributed by atoms with Gasteiger partial charge in [-0.1, -0.05) is 44.2 Å². The van der Waals surface area contributed by atoms with Crippen molar-refractivity contribution in [1.82, 2.24) is 0 Å². The van der Waals surface area contributed by atoms with Gasteiger partial charge in [-0.2, -0.15) is 0 Å². The van der Waals surface area contributed by atoms with Gasteiger partial charge in [0.25, 0.3) is 0 Å². The van der Waals surface area contributed by atoms with E-state index in [1.54, 1.807) is 92.1 Å². The van der Waals surface area contributed by atoms with E-state index in [4.69, 9.17) is 52.1 Å². The second kappa shape index (κ2) is 45.3. The van der Waals surface area contributed by atoms with Crippen LogP contribution in [0.1, 0.15) is 131 Å². The normalized spacial score (nSPS) is 9.79. The maximum absolute atomic E-state index is 12.6. The second-order valence-corrected chi connectivity index (χ2v) is 24.6. The van der Waals surface area contributed by atoms with Crippen molar-refractivity contribution >= 4 is 0 Å². The Labute approximate surface area is 601 Å². The van der Waals surface area contributed by atoms with Gasteiger partial charge < -0.3 is 52.1 Å². The summed E-state index contributed by atoms with van der Waals surface area (Å²) in [6.45, 7) is 43.0. The van der Waals surface area contributed by atoms with Crippen molar-refractivity contribution in [3.05, 3.63) is 250 Å². The first kappa shape index (κ1) is 88.7. The average Bonchev–Trinajstić information content (AvgIpc) is 0.973. The summed E-state index contributed by atoms with van der Waals surface area (Å²) in [7, 11) is 18.5. The van der Waals surface area contributed by atoms with Crippen LogP contribution in [0.3, 0.4) is 0 Å². The third-order valence-electron chi connectivity index (χ3n) is 17.3. The SMILES string of the molecule is COc1cc(C)c(C)c(C(C)C)c1.COc1cc(C)c(C)c(C)c1.COc1cc(C)c(C)c(OC)c1.COc1cc(C)cc(C)c1C.COc1cc(C)cc(OC)c1C.COc1ccc(C)c(C)c1.COc1cccc(C)c1C.COc1cccc(OC)c1C.Cc1cc(F)cc(F)c1C. The van der Waals surface area contributed by atoms with E-state index < -0.39 is 11.6 Å². The van der Waals surface area contributed by atoms with Gasteiger partial charge in [-0.3, -0.25) is 0 Å². The van der Waals surface area contributed by atoms with E-state index in [0.717, 1.165) is 86.0 Å². The smallest absolute Gasteiger partial charge is 0.129 e. The average molecular weight is 1380 g/mol. The van der Waals surface area contributed by atoms with Crippen molar-refractivity contribution in [3.63, 3.8) is 0 Å². The Kier molecular flexibility index (Phi) is 40.2. The van der Waals surface area contributed by atoms with Crippen LogP contribution in [-0.2, 0) is 0 Å². The highest BCUT2D eigenvalue weighted by Crippen LogP contribution is 2.32. The van der Waals surface area contributed by atoms with E-state index in [-0.39, 0.29) is 0 Å². The van der Waals surface area contributed by atoms with Gasteiger partial charge in [0, 0.05) is 23.3 Å². The van der Waals surface area contributed by atoms with Gasteiger partial charge in [-0.15, -0.1) is 0 Å². The van der Waals surface area contributed by atoms with E-state index >= 15 is 0 Å². The van der Waals surface area contributed by atoms with Gasteiger partial charge >= 0.3 is 0 Å². The fraction of sp³-hybridized carbons (Fsp3) is 0.379. The molecule has 0 atom stereocenters. The highest BCUT2D eigenvalue weighted by atomic mass is 19.1. The van der Waals surface area contributed by atoms with Gasteiger partial charge in [0.2, 0.25) is 0 Å². The summed E-state index contributed by atoms with van der Waals surface area (Å²) in [6.07, 6.45) is 0. The number of methoxy groups -OCH3 is 11. The maximum atomic E-state index is 12.6. The largest absolute Gasteiger partial charge is 0.497 e. The molecule has 9 aromatic carbocycles. The molecular formula is C87H118F2O11. The standard InChI is InChI=1S/C12H18O.2C10H14O2.2C10H14O.C9H12O2.2C9H12O.C8H8F2/c1-8(2)12-7-11(13-5)6-9(3)10(12)4;1-7-5-9(11-3)6-10(12-4)8(7)2;1-7-5-9(11-3)8(2)10(6-7)12-4;1-7-5-10(11-4)6-8(2)9(7)3;1-7-5-8(2)9(3)10(6-7)11-4;1-7-8(10-2)5-4-6-9(7)11-3;1-7-4-5-9(10-3)6-8(7)2;1-7-5-4-6-9(10-3)8(7)2;1-5-3-7(9)4-8(10)6(5)2/h6-8H,1-5H3;2*5-6H,1-4H3;2*5-6H,1-4H3;4-6H,1-3H3;2*4-6H,1-3H3;3-4H,1-2H3. The molecule has 0 bridgehead atoms. The van der Waals surface area contributed by atoms with Crippen LogP contribution in [-0.4, -0.2) is 78.2 Å². The molecule has 0 aliphatic rings. The van der Waals surface area contributed by atoms with Gasteiger partial charge in [-0.05, 0) is 323 Å². The molecule has 0 heterocycles. The van der Waals surface area contributed by atoms with Crippen LogP contribution < -0.4 is 52.1 Å². The number of rotatable bonds is 12. The van der Waals surface area contributed by atoms with E-state index in [2.05, 4.69) is 145 Å². The van der Waals surface area contributed by atoms with Crippen molar-refractivity contribution in [3.8, 4) is 63.2 Å². The Morgan fingerprint density at radius 2 is 0.550 bits per heavy atom. The summed E-state index contributed by atoms with van der Waals surface area (Å²) in [5, 5.41) is 0. The second-order valence-electron chi connectivity index (χ2n) is 24.6. The van der Waals surface area contributed by atoms with Gasteiger partial charge in [-0.25, -0.2) is 8.78 Å². The van der Waals surface area contributed by atoms with E-state index in [1.807, 2.05) is 101 Å². The molecule has 0 unspecified atom stereocenters. The Bertz CT molecular complexity index is 3870. The first-order chi connectivity index (χ1) is 47.1. The topological polar surface area (TPSA) is 102 Å². The van der Waals surface area contributed by atoms with Crippen molar-refractivity contribution < 1.29 is 60.9 Å². The zero-order valence-electron chi connectivity index (χ0n) is 66.4. The molecule has 0 N–H and O–H groups in total. The van der Waals surface area contributed by atoms with Crippen LogP contribution >= 0.6 is 0 Å². The van der Waals surface area contributed by atoms with E-state index in [1.165, 1.54) is 89.5 Å². The minimum atomic E-state index is -0.513. The molecule has 0 radical (unpaired) electrons. The molecular weight excluding hydrogens is 1260 g/mol. The quantitative estimate of drug-likeness (QED) is 0.117. The molecule has 9 rings (SSSR count). The van der Waals surface area contributed by atoms with Crippen LogP contribution in [0.25, 0.3) is 0 Å². The molecule has 0 spiro atoms. The minimum Gasteiger partial charge on any atom is -0.497 e. The van der Waals surface area contributed by atoms with Crippen LogP contribution in [0, 0.1) is 143 Å². The van der Waals surface area contributed by atoms with Crippen LogP contribution in [0.15, 0.2) is 127 Å². The number of hydrogen-bond acceptors (Lipinski definition) is 11. The summed E-state index contributed by atoms with van der Waals surface area (Å²) in [4.78, 5) is 0.